The van der Waals surface area contributed by atoms with E-state index in [1.165, 1.54) is 5.56 Å². The van der Waals surface area contributed by atoms with E-state index in [4.69, 9.17) is 17.0 Å². The average Bonchev–Trinajstić information content (AvgIpc) is 3.16. The van der Waals surface area contributed by atoms with Crippen molar-refractivity contribution in [1.29, 1.82) is 0 Å². The minimum absolute atomic E-state index is 0.483. The van der Waals surface area contributed by atoms with Gasteiger partial charge in [-0.1, -0.05) is 60.7 Å². The fourth-order valence-corrected chi connectivity index (χ4v) is 3.22. The van der Waals surface area contributed by atoms with Crippen LogP contribution >= 0.6 is 12.2 Å². The molecule has 3 aromatic carbocycles. The number of aryl methyl sites for hydroxylation is 2. The first-order valence-electron chi connectivity index (χ1n) is 9.79. The molecule has 4 rings (SSSR count). The van der Waals surface area contributed by atoms with Gasteiger partial charge in [-0.2, -0.15) is 14.9 Å². The topological polar surface area (TPSA) is 55.2 Å². The Kier molecular flexibility index (Phi) is 6.47. The van der Waals surface area contributed by atoms with E-state index in [1.54, 1.807) is 10.9 Å². The molecule has 30 heavy (non-hydrogen) atoms. The van der Waals surface area contributed by atoms with Crippen LogP contribution in [-0.4, -0.2) is 21.1 Å². The summed E-state index contributed by atoms with van der Waals surface area (Å²) in [6.45, 7) is 0.545. The highest BCUT2D eigenvalue weighted by atomic mass is 32.1. The number of hydrogen-bond acceptors (Lipinski definition) is 4. The van der Waals surface area contributed by atoms with Gasteiger partial charge in [-0.3, -0.25) is 5.10 Å². The van der Waals surface area contributed by atoms with Gasteiger partial charge in [-0.15, -0.1) is 0 Å². The Labute approximate surface area is 180 Å². The Bertz CT molecular complexity index is 1150. The summed E-state index contributed by atoms with van der Waals surface area (Å²) >= 11 is 5.33. The first-order valence-corrected chi connectivity index (χ1v) is 10.2. The molecule has 0 aliphatic carbocycles. The first kappa shape index (κ1) is 19.8. The minimum Gasteiger partial charge on any atom is -0.489 e. The molecule has 0 bridgehead atoms. The minimum atomic E-state index is 0.483. The average molecular weight is 415 g/mol. The van der Waals surface area contributed by atoms with Crippen molar-refractivity contribution < 1.29 is 4.74 Å². The zero-order valence-electron chi connectivity index (χ0n) is 16.4. The second kappa shape index (κ2) is 9.80. The molecule has 0 saturated heterocycles. The van der Waals surface area contributed by atoms with Gasteiger partial charge in [-0.25, -0.2) is 0 Å². The summed E-state index contributed by atoms with van der Waals surface area (Å²) in [5.41, 5.74) is 3.35. The number of aromatic amines is 1. The number of H-pyrrole nitrogens is 1. The van der Waals surface area contributed by atoms with Gasteiger partial charge < -0.3 is 4.74 Å². The van der Waals surface area contributed by atoms with Crippen LogP contribution in [0.2, 0.25) is 0 Å². The van der Waals surface area contributed by atoms with Gasteiger partial charge in [-0.05, 0) is 59.6 Å². The summed E-state index contributed by atoms with van der Waals surface area (Å²) in [5.74, 6) is 1.63. The van der Waals surface area contributed by atoms with Crippen molar-refractivity contribution >= 4 is 18.4 Å². The highest BCUT2D eigenvalue weighted by Gasteiger charge is 2.05. The van der Waals surface area contributed by atoms with E-state index in [1.807, 2.05) is 72.8 Å². The predicted molar refractivity (Wildman–Crippen MR) is 121 cm³/mol. The largest absolute Gasteiger partial charge is 0.489 e. The maximum Gasteiger partial charge on any atom is 0.216 e. The molecule has 0 spiro atoms. The molecule has 6 heteroatoms. The monoisotopic (exact) mass is 414 g/mol. The Morgan fingerprint density at radius 2 is 1.53 bits per heavy atom. The Morgan fingerprint density at radius 1 is 0.867 bits per heavy atom. The van der Waals surface area contributed by atoms with E-state index in [2.05, 4.69) is 27.4 Å². The lowest BCUT2D eigenvalue weighted by atomic mass is 10.1. The number of nitrogens with zero attached hydrogens (tertiary/aromatic N) is 3. The van der Waals surface area contributed by atoms with Gasteiger partial charge in [0.05, 0.1) is 6.21 Å². The van der Waals surface area contributed by atoms with Gasteiger partial charge in [0, 0.05) is 6.42 Å². The molecular weight excluding hydrogens is 392 g/mol. The Morgan fingerprint density at radius 3 is 2.23 bits per heavy atom. The Balaban J connectivity index is 1.39. The lowest BCUT2D eigenvalue weighted by molar-refractivity contribution is 0.306. The second-order valence-electron chi connectivity index (χ2n) is 6.83. The molecule has 0 atom stereocenters. The number of aromatic nitrogens is 3. The zero-order chi connectivity index (χ0) is 20.6. The van der Waals surface area contributed by atoms with E-state index in [-0.39, 0.29) is 0 Å². The molecule has 1 N–H and O–H groups in total. The standard InChI is InChI=1S/C24H22N4OS/c30-24-27-26-23(16-13-19-7-3-1-4-8-19)28(24)25-17-20-11-14-22(15-12-20)29-18-21-9-5-2-6-10-21/h1-12,14-15,17H,13,16,18H2,(H,27,30)/b25-17+. The summed E-state index contributed by atoms with van der Waals surface area (Å²) < 4.78 is 7.99. The number of rotatable bonds is 8. The summed E-state index contributed by atoms with van der Waals surface area (Å²) in [7, 11) is 0. The van der Waals surface area contributed by atoms with Crippen LogP contribution < -0.4 is 4.74 Å². The number of hydrogen-bond donors (Lipinski definition) is 1. The molecule has 5 nitrogen and oxygen atoms in total. The molecule has 0 radical (unpaired) electrons. The lowest BCUT2D eigenvalue weighted by Crippen LogP contribution is -2.01. The van der Waals surface area contributed by atoms with E-state index in [9.17, 15) is 0 Å². The summed E-state index contributed by atoms with van der Waals surface area (Å²) in [6, 6.07) is 28.2. The quantitative estimate of drug-likeness (QED) is 0.319. The number of nitrogens with one attached hydrogen (secondary N) is 1. The van der Waals surface area contributed by atoms with E-state index in [0.29, 0.717) is 11.4 Å². The molecule has 0 fully saturated rings. The zero-order valence-corrected chi connectivity index (χ0v) is 17.3. The lowest BCUT2D eigenvalue weighted by Gasteiger charge is -2.06. The van der Waals surface area contributed by atoms with Gasteiger partial charge in [0.2, 0.25) is 4.77 Å². The van der Waals surface area contributed by atoms with E-state index >= 15 is 0 Å². The van der Waals surface area contributed by atoms with Crippen molar-refractivity contribution in [2.24, 2.45) is 5.10 Å². The summed E-state index contributed by atoms with van der Waals surface area (Å²) in [5, 5.41) is 11.7. The van der Waals surface area contributed by atoms with Gasteiger partial charge in [0.25, 0.3) is 0 Å². The maximum atomic E-state index is 5.83. The highest BCUT2D eigenvalue weighted by molar-refractivity contribution is 7.71. The maximum absolute atomic E-state index is 5.83. The fraction of sp³-hybridized carbons (Fsp3) is 0.125. The third-order valence-electron chi connectivity index (χ3n) is 4.65. The van der Waals surface area contributed by atoms with Crippen molar-refractivity contribution in [2.75, 3.05) is 0 Å². The van der Waals surface area contributed by atoms with Crippen molar-refractivity contribution in [1.82, 2.24) is 14.9 Å². The number of ether oxygens (including phenoxy) is 1. The van der Waals surface area contributed by atoms with Crippen LogP contribution in [0.15, 0.2) is 90.0 Å². The van der Waals surface area contributed by atoms with E-state index in [0.717, 1.165) is 35.5 Å². The molecule has 0 saturated carbocycles. The highest BCUT2D eigenvalue weighted by Crippen LogP contribution is 2.14. The molecule has 0 aliphatic rings. The van der Waals surface area contributed by atoms with Crippen LogP contribution in [0.1, 0.15) is 22.5 Å². The van der Waals surface area contributed by atoms with Gasteiger partial charge in [0.1, 0.15) is 12.4 Å². The SMILES string of the molecule is S=c1[nH]nc(CCc2ccccc2)n1/N=C/c1ccc(OCc2ccccc2)cc1. The van der Waals surface area contributed by atoms with Crippen molar-refractivity contribution in [3.63, 3.8) is 0 Å². The van der Waals surface area contributed by atoms with Crippen molar-refractivity contribution in [3.05, 3.63) is 112 Å². The van der Waals surface area contributed by atoms with Crippen LogP contribution in [0.25, 0.3) is 0 Å². The smallest absolute Gasteiger partial charge is 0.216 e. The molecule has 1 heterocycles. The van der Waals surface area contributed by atoms with Crippen molar-refractivity contribution in [2.45, 2.75) is 19.4 Å². The van der Waals surface area contributed by atoms with Crippen LogP contribution in [-0.2, 0) is 19.4 Å². The Hall–Kier alpha value is -3.51. The molecule has 0 amide bonds. The van der Waals surface area contributed by atoms with Gasteiger partial charge in [0.15, 0.2) is 5.82 Å². The molecule has 150 valence electrons. The molecule has 4 aromatic rings. The first-order chi connectivity index (χ1) is 14.8. The van der Waals surface area contributed by atoms with Crippen LogP contribution in [0.3, 0.4) is 0 Å². The van der Waals surface area contributed by atoms with Crippen LogP contribution in [0, 0.1) is 4.77 Å². The van der Waals surface area contributed by atoms with Gasteiger partial charge >= 0.3 is 0 Å². The molecule has 0 aliphatic heterocycles. The van der Waals surface area contributed by atoms with Crippen molar-refractivity contribution in [3.8, 4) is 5.75 Å². The van der Waals surface area contributed by atoms with Crippen LogP contribution in [0.4, 0.5) is 0 Å². The fourth-order valence-electron chi connectivity index (χ4n) is 3.02. The third kappa shape index (κ3) is 5.30. The van der Waals surface area contributed by atoms with E-state index < -0.39 is 0 Å². The molecular formula is C24H22N4OS. The summed E-state index contributed by atoms with van der Waals surface area (Å²) in [6.07, 6.45) is 3.41. The molecule has 1 aromatic heterocycles. The number of benzene rings is 3. The predicted octanol–water partition coefficient (Wildman–Crippen LogP) is 5.19. The molecule has 0 unspecified atom stereocenters. The third-order valence-corrected chi connectivity index (χ3v) is 4.91. The second-order valence-corrected chi connectivity index (χ2v) is 7.22. The van der Waals surface area contributed by atoms with Crippen LogP contribution in [0.5, 0.6) is 5.75 Å². The normalized spacial score (nSPS) is 11.1. The summed E-state index contributed by atoms with van der Waals surface area (Å²) in [4.78, 5) is 0.